The molecule has 0 aliphatic carbocycles. The van der Waals surface area contributed by atoms with Gasteiger partial charge in [0.05, 0.1) is 5.60 Å². The number of aliphatic hydroxyl groups is 1. The van der Waals surface area contributed by atoms with E-state index in [2.05, 4.69) is 13.2 Å². The van der Waals surface area contributed by atoms with Gasteiger partial charge in [0.2, 0.25) is 0 Å². The SMILES string of the molecule is C=CC.C=CCCC(C)(C)O.CC. The van der Waals surface area contributed by atoms with Crippen LogP contribution in [0.4, 0.5) is 0 Å². The Morgan fingerprint density at radius 2 is 1.54 bits per heavy atom. The average molecular weight is 186 g/mol. The molecule has 0 saturated heterocycles. The summed E-state index contributed by atoms with van der Waals surface area (Å²) in [4.78, 5) is 0. The topological polar surface area (TPSA) is 20.2 Å². The fourth-order valence-corrected chi connectivity index (χ4v) is 0.455. The molecule has 13 heavy (non-hydrogen) atoms. The third-order valence-corrected chi connectivity index (χ3v) is 0.960. The summed E-state index contributed by atoms with van der Waals surface area (Å²) in [5, 5.41) is 9.10. The first kappa shape index (κ1) is 18.3. The molecule has 0 bridgehead atoms. The average Bonchev–Trinajstić information content (AvgIpc) is 2.05. The van der Waals surface area contributed by atoms with Gasteiger partial charge in [0.1, 0.15) is 0 Å². The van der Waals surface area contributed by atoms with E-state index in [1.54, 1.807) is 19.9 Å². The number of hydrogen-bond donors (Lipinski definition) is 1. The summed E-state index contributed by atoms with van der Waals surface area (Å²) in [5.74, 6) is 0. The van der Waals surface area contributed by atoms with Crippen molar-refractivity contribution in [1.29, 1.82) is 0 Å². The van der Waals surface area contributed by atoms with Crippen molar-refractivity contribution in [2.24, 2.45) is 0 Å². The molecule has 0 unspecified atom stereocenters. The largest absolute Gasteiger partial charge is 0.390 e. The van der Waals surface area contributed by atoms with Crippen LogP contribution in [0, 0.1) is 0 Å². The Kier molecular flexibility index (Phi) is 19.7. The van der Waals surface area contributed by atoms with Crippen molar-refractivity contribution >= 4 is 0 Å². The molecule has 0 heterocycles. The van der Waals surface area contributed by atoms with Gasteiger partial charge in [-0.1, -0.05) is 26.0 Å². The molecule has 0 aliphatic rings. The summed E-state index contributed by atoms with van der Waals surface area (Å²) in [6.07, 6.45) is 5.26. The molecule has 0 fully saturated rings. The molecule has 0 spiro atoms. The van der Waals surface area contributed by atoms with Crippen molar-refractivity contribution in [3.8, 4) is 0 Å². The molecule has 0 saturated carbocycles. The number of allylic oxidation sites excluding steroid dienone is 2. The maximum Gasteiger partial charge on any atom is 0.0594 e. The van der Waals surface area contributed by atoms with Gasteiger partial charge in [-0.3, -0.25) is 0 Å². The summed E-state index contributed by atoms with van der Waals surface area (Å²) >= 11 is 0. The minimum atomic E-state index is -0.520. The van der Waals surface area contributed by atoms with Crippen molar-refractivity contribution in [2.75, 3.05) is 0 Å². The van der Waals surface area contributed by atoms with Crippen molar-refractivity contribution in [3.63, 3.8) is 0 Å². The molecule has 1 N–H and O–H groups in total. The fraction of sp³-hybridized carbons (Fsp3) is 0.667. The van der Waals surface area contributed by atoms with E-state index in [-0.39, 0.29) is 0 Å². The summed E-state index contributed by atoms with van der Waals surface area (Å²) in [6, 6.07) is 0. The van der Waals surface area contributed by atoms with E-state index in [0.717, 1.165) is 12.8 Å². The number of hydrogen-bond acceptors (Lipinski definition) is 1. The minimum Gasteiger partial charge on any atom is -0.390 e. The van der Waals surface area contributed by atoms with Crippen LogP contribution in [-0.4, -0.2) is 10.7 Å². The highest BCUT2D eigenvalue weighted by molar-refractivity contribution is 4.73. The molecule has 0 aromatic carbocycles. The summed E-state index contributed by atoms with van der Waals surface area (Å²) in [7, 11) is 0. The van der Waals surface area contributed by atoms with Crippen molar-refractivity contribution < 1.29 is 5.11 Å². The van der Waals surface area contributed by atoms with Gasteiger partial charge in [-0.25, -0.2) is 0 Å². The lowest BCUT2D eigenvalue weighted by Gasteiger charge is -2.14. The van der Waals surface area contributed by atoms with Gasteiger partial charge in [0, 0.05) is 0 Å². The summed E-state index contributed by atoms with van der Waals surface area (Å²) in [6.45, 7) is 16.4. The minimum absolute atomic E-state index is 0.520. The van der Waals surface area contributed by atoms with E-state index in [1.807, 2.05) is 26.8 Å². The summed E-state index contributed by atoms with van der Waals surface area (Å²) in [5.41, 5.74) is -0.520. The molecule has 0 aliphatic heterocycles. The second kappa shape index (κ2) is 14.0. The fourth-order valence-electron chi connectivity index (χ4n) is 0.455. The highest BCUT2D eigenvalue weighted by atomic mass is 16.3. The van der Waals surface area contributed by atoms with Gasteiger partial charge in [0.15, 0.2) is 0 Å². The molecular formula is C12H26O. The molecule has 80 valence electrons. The third kappa shape index (κ3) is 51.7. The van der Waals surface area contributed by atoms with Gasteiger partial charge in [-0.2, -0.15) is 0 Å². The van der Waals surface area contributed by atoms with E-state index < -0.39 is 5.60 Å². The summed E-state index contributed by atoms with van der Waals surface area (Å²) < 4.78 is 0. The first-order valence-corrected chi connectivity index (χ1v) is 4.88. The van der Waals surface area contributed by atoms with Crippen molar-refractivity contribution in [3.05, 3.63) is 25.3 Å². The molecule has 0 radical (unpaired) electrons. The van der Waals surface area contributed by atoms with Gasteiger partial charge in [-0.15, -0.1) is 13.2 Å². The van der Waals surface area contributed by atoms with Crippen LogP contribution in [0.3, 0.4) is 0 Å². The molecule has 1 nitrogen and oxygen atoms in total. The van der Waals surface area contributed by atoms with Crippen LogP contribution in [0.25, 0.3) is 0 Å². The van der Waals surface area contributed by atoms with Crippen LogP contribution >= 0.6 is 0 Å². The number of rotatable bonds is 3. The van der Waals surface area contributed by atoms with Crippen molar-refractivity contribution in [1.82, 2.24) is 0 Å². The van der Waals surface area contributed by atoms with Gasteiger partial charge in [-0.05, 0) is 33.6 Å². The molecule has 0 aromatic heterocycles. The molecular weight excluding hydrogens is 160 g/mol. The Hall–Kier alpha value is -0.560. The quantitative estimate of drug-likeness (QED) is 0.662. The van der Waals surface area contributed by atoms with Crippen LogP contribution in [0.5, 0.6) is 0 Å². The van der Waals surface area contributed by atoms with E-state index in [1.165, 1.54) is 0 Å². The van der Waals surface area contributed by atoms with E-state index >= 15 is 0 Å². The zero-order chi connectivity index (χ0) is 11.3. The van der Waals surface area contributed by atoms with Crippen LogP contribution < -0.4 is 0 Å². The standard InChI is InChI=1S/C7H14O.C3H6.C2H6/c1-4-5-6-7(2,3)8;1-3-2;1-2/h4,8H,1,5-6H2,2-3H3;3H,1H2,2H3;1-2H3. The molecule has 0 atom stereocenters. The van der Waals surface area contributed by atoms with Gasteiger partial charge >= 0.3 is 0 Å². The zero-order valence-electron chi connectivity index (χ0n) is 9.93. The lowest BCUT2D eigenvalue weighted by Crippen LogP contribution is -2.17. The van der Waals surface area contributed by atoms with E-state index in [9.17, 15) is 0 Å². The maximum absolute atomic E-state index is 9.10. The Morgan fingerprint density at radius 3 is 1.62 bits per heavy atom. The smallest absolute Gasteiger partial charge is 0.0594 e. The second-order valence-corrected chi connectivity index (χ2v) is 3.05. The van der Waals surface area contributed by atoms with Gasteiger partial charge < -0.3 is 5.11 Å². The van der Waals surface area contributed by atoms with Gasteiger partial charge in [0.25, 0.3) is 0 Å². The zero-order valence-corrected chi connectivity index (χ0v) is 9.93. The Bertz CT molecular complexity index is 98.2. The lowest BCUT2D eigenvalue weighted by molar-refractivity contribution is 0.0722. The van der Waals surface area contributed by atoms with Crippen molar-refractivity contribution in [2.45, 2.75) is 53.1 Å². The molecule has 0 amide bonds. The third-order valence-electron chi connectivity index (χ3n) is 0.960. The van der Waals surface area contributed by atoms with Crippen LogP contribution in [0.15, 0.2) is 25.3 Å². The van der Waals surface area contributed by atoms with E-state index in [0.29, 0.717) is 0 Å². The van der Waals surface area contributed by atoms with Crippen LogP contribution in [0.1, 0.15) is 47.5 Å². The van der Waals surface area contributed by atoms with Crippen LogP contribution in [-0.2, 0) is 0 Å². The predicted molar refractivity (Wildman–Crippen MR) is 62.9 cm³/mol. The lowest BCUT2D eigenvalue weighted by atomic mass is 10.0. The molecule has 1 heteroatoms. The second-order valence-electron chi connectivity index (χ2n) is 3.05. The van der Waals surface area contributed by atoms with E-state index in [4.69, 9.17) is 5.11 Å². The Labute approximate surface area is 84.2 Å². The van der Waals surface area contributed by atoms with Crippen LogP contribution in [0.2, 0.25) is 0 Å². The highest BCUT2D eigenvalue weighted by Crippen LogP contribution is 2.09. The molecule has 0 rings (SSSR count). The predicted octanol–water partition coefficient (Wildman–Crippen LogP) is 3.94. The first-order chi connectivity index (χ1) is 5.97. The first-order valence-electron chi connectivity index (χ1n) is 4.88. The highest BCUT2D eigenvalue weighted by Gasteiger charge is 2.09. The Balaban J connectivity index is -0.000000169. The Morgan fingerprint density at radius 1 is 1.23 bits per heavy atom. The monoisotopic (exact) mass is 186 g/mol. The maximum atomic E-state index is 9.10. The normalized spacial score (nSPS) is 8.46. The molecule has 0 aromatic rings.